The fraction of sp³-hybridized carbons (Fsp3) is 0.500. The first-order valence-corrected chi connectivity index (χ1v) is 5.76. The maximum Gasteiger partial charge on any atom is 0.0435 e. The number of halogens is 2. The van der Waals surface area contributed by atoms with Crippen LogP contribution < -0.4 is 5.73 Å². The van der Waals surface area contributed by atoms with Gasteiger partial charge in [-0.15, -0.1) is 12.4 Å². The number of hydrogen-bond acceptors (Lipinski definition) is 2. The lowest BCUT2D eigenvalue weighted by Gasteiger charge is -2.15. The molecule has 4 heteroatoms. The molecule has 1 saturated heterocycles. The highest BCUT2D eigenvalue weighted by Gasteiger charge is 2.18. The zero-order valence-corrected chi connectivity index (χ0v) is 11.0. The van der Waals surface area contributed by atoms with Gasteiger partial charge in [-0.3, -0.25) is 4.90 Å². The van der Waals surface area contributed by atoms with Crippen LogP contribution in [0.3, 0.4) is 0 Å². The average Bonchev–Trinajstić information content (AvgIpc) is 2.58. The summed E-state index contributed by atoms with van der Waals surface area (Å²) in [6.45, 7) is 5.16. The van der Waals surface area contributed by atoms with Gasteiger partial charge in [0.05, 0.1) is 0 Å². The fourth-order valence-corrected chi connectivity index (χ4v) is 2.19. The Morgan fingerprint density at radius 2 is 2.25 bits per heavy atom. The highest BCUT2D eigenvalue weighted by Crippen LogP contribution is 2.18. The summed E-state index contributed by atoms with van der Waals surface area (Å²) in [5.74, 6) is 0. The van der Waals surface area contributed by atoms with Crippen LogP contribution in [-0.2, 0) is 6.54 Å². The summed E-state index contributed by atoms with van der Waals surface area (Å²) in [6.07, 6.45) is 1.12. The minimum Gasteiger partial charge on any atom is -0.326 e. The van der Waals surface area contributed by atoms with Crippen LogP contribution in [0.2, 0.25) is 5.02 Å². The number of benzene rings is 1. The molecule has 1 heterocycles. The Hall–Kier alpha value is -0.280. The SMILES string of the molecule is Cc1cc(CN2CCC(N)C2)ccc1Cl.Cl. The van der Waals surface area contributed by atoms with Gasteiger partial charge in [-0.25, -0.2) is 0 Å². The molecule has 1 aromatic carbocycles. The van der Waals surface area contributed by atoms with Gasteiger partial charge in [0.1, 0.15) is 0 Å². The molecule has 0 aromatic heterocycles. The van der Waals surface area contributed by atoms with Crippen LogP contribution in [0, 0.1) is 6.92 Å². The van der Waals surface area contributed by atoms with Crippen molar-refractivity contribution in [3.63, 3.8) is 0 Å². The molecule has 2 N–H and O–H groups in total. The van der Waals surface area contributed by atoms with Crippen LogP contribution in [0.15, 0.2) is 18.2 Å². The largest absolute Gasteiger partial charge is 0.326 e. The first-order chi connectivity index (χ1) is 7.15. The fourth-order valence-electron chi connectivity index (χ4n) is 2.07. The Morgan fingerprint density at radius 3 is 2.81 bits per heavy atom. The zero-order chi connectivity index (χ0) is 10.8. The van der Waals surface area contributed by atoms with Gasteiger partial charge in [0.2, 0.25) is 0 Å². The second-order valence-electron chi connectivity index (χ2n) is 4.37. The Morgan fingerprint density at radius 1 is 1.50 bits per heavy atom. The molecule has 0 saturated carbocycles. The molecule has 1 unspecified atom stereocenters. The molecule has 1 fully saturated rings. The molecule has 16 heavy (non-hydrogen) atoms. The summed E-state index contributed by atoms with van der Waals surface area (Å²) in [6, 6.07) is 6.59. The number of rotatable bonds is 2. The van der Waals surface area contributed by atoms with E-state index in [4.69, 9.17) is 17.3 Å². The van der Waals surface area contributed by atoms with E-state index in [1.165, 1.54) is 5.56 Å². The number of likely N-dealkylation sites (tertiary alicyclic amines) is 1. The molecule has 2 rings (SSSR count). The number of nitrogens with two attached hydrogens (primary N) is 1. The molecular formula is C12H18Cl2N2. The summed E-state index contributed by atoms with van der Waals surface area (Å²) in [5, 5.41) is 0.844. The third-order valence-corrected chi connectivity index (χ3v) is 3.36. The lowest BCUT2D eigenvalue weighted by Crippen LogP contribution is -2.26. The average molecular weight is 261 g/mol. The molecule has 0 aliphatic carbocycles. The van der Waals surface area contributed by atoms with E-state index >= 15 is 0 Å². The van der Waals surface area contributed by atoms with Gasteiger partial charge in [-0.1, -0.05) is 23.7 Å². The third-order valence-electron chi connectivity index (χ3n) is 2.94. The van der Waals surface area contributed by atoms with Gasteiger partial charge < -0.3 is 5.73 Å². The van der Waals surface area contributed by atoms with Crippen molar-refractivity contribution < 1.29 is 0 Å². The highest BCUT2D eigenvalue weighted by atomic mass is 35.5. The quantitative estimate of drug-likeness (QED) is 0.886. The van der Waals surface area contributed by atoms with Gasteiger partial charge >= 0.3 is 0 Å². The van der Waals surface area contributed by atoms with E-state index in [-0.39, 0.29) is 12.4 Å². The molecule has 0 amide bonds. The summed E-state index contributed by atoms with van der Waals surface area (Å²) in [7, 11) is 0. The van der Waals surface area contributed by atoms with Gasteiger partial charge in [-0.05, 0) is 30.5 Å². The molecule has 0 bridgehead atoms. The van der Waals surface area contributed by atoms with Gasteiger partial charge in [-0.2, -0.15) is 0 Å². The van der Waals surface area contributed by atoms with E-state index in [1.807, 2.05) is 13.0 Å². The van der Waals surface area contributed by atoms with Gasteiger partial charge in [0.15, 0.2) is 0 Å². The van der Waals surface area contributed by atoms with Gasteiger partial charge in [0, 0.05) is 30.7 Å². The van der Waals surface area contributed by atoms with Crippen LogP contribution >= 0.6 is 24.0 Å². The summed E-state index contributed by atoms with van der Waals surface area (Å²) < 4.78 is 0. The lowest BCUT2D eigenvalue weighted by atomic mass is 10.1. The lowest BCUT2D eigenvalue weighted by molar-refractivity contribution is 0.327. The summed E-state index contributed by atoms with van der Waals surface area (Å²) >= 11 is 5.99. The van der Waals surface area contributed by atoms with E-state index in [1.54, 1.807) is 0 Å². The number of nitrogens with zero attached hydrogens (tertiary/aromatic N) is 1. The van der Waals surface area contributed by atoms with E-state index < -0.39 is 0 Å². The molecule has 0 spiro atoms. The Kier molecular flexibility index (Phi) is 5.06. The second-order valence-corrected chi connectivity index (χ2v) is 4.77. The van der Waals surface area contributed by atoms with Crippen molar-refractivity contribution in [2.75, 3.05) is 13.1 Å². The molecule has 1 aliphatic rings. The monoisotopic (exact) mass is 260 g/mol. The highest BCUT2D eigenvalue weighted by molar-refractivity contribution is 6.31. The van der Waals surface area contributed by atoms with Crippen LogP contribution in [0.1, 0.15) is 17.5 Å². The van der Waals surface area contributed by atoms with Gasteiger partial charge in [0.25, 0.3) is 0 Å². The molecule has 1 atom stereocenters. The van der Waals surface area contributed by atoms with Crippen LogP contribution in [0.25, 0.3) is 0 Å². The van der Waals surface area contributed by atoms with Crippen molar-refractivity contribution in [1.82, 2.24) is 4.90 Å². The van der Waals surface area contributed by atoms with Crippen LogP contribution in [0.5, 0.6) is 0 Å². The van der Waals surface area contributed by atoms with E-state index in [2.05, 4.69) is 17.0 Å². The van der Waals surface area contributed by atoms with Crippen molar-refractivity contribution >= 4 is 24.0 Å². The standard InChI is InChI=1S/C12H17ClN2.ClH/c1-9-6-10(2-3-12(9)13)7-15-5-4-11(14)8-15;/h2-3,6,11H,4-5,7-8,14H2,1H3;1H. The minimum atomic E-state index is 0. The van der Waals surface area contributed by atoms with E-state index in [9.17, 15) is 0 Å². The third kappa shape index (κ3) is 3.36. The zero-order valence-electron chi connectivity index (χ0n) is 9.45. The molecule has 1 aliphatic heterocycles. The predicted molar refractivity (Wildman–Crippen MR) is 71.3 cm³/mol. The first-order valence-electron chi connectivity index (χ1n) is 5.38. The molecule has 2 nitrogen and oxygen atoms in total. The number of hydrogen-bond donors (Lipinski definition) is 1. The second kappa shape index (κ2) is 5.87. The number of aryl methyl sites for hydroxylation is 1. The van der Waals surface area contributed by atoms with Crippen molar-refractivity contribution in [3.8, 4) is 0 Å². The Bertz CT molecular complexity index is 355. The Labute approximate surface area is 108 Å². The first kappa shape index (κ1) is 13.8. The molecule has 90 valence electrons. The molecule has 1 aromatic rings. The molecule has 0 radical (unpaired) electrons. The van der Waals surface area contributed by atoms with E-state index in [0.29, 0.717) is 6.04 Å². The minimum absolute atomic E-state index is 0. The molecular weight excluding hydrogens is 243 g/mol. The van der Waals surface area contributed by atoms with Crippen molar-refractivity contribution in [3.05, 3.63) is 34.3 Å². The van der Waals surface area contributed by atoms with Crippen molar-refractivity contribution in [1.29, 1.82) is 0 Å². The van der Waals surface area contributed by atoms with Crippen LogP contribution in [0.4, 0.5) is 0 Å². The maximum atomic E-state index is 5.99. The Balaban J connectivity index is 0.00000128. The van der Waals surface area contributed by atoms with Crippen LogP contribution in [-0.4, -0.2) is 24.0 Å². The van der Waals surface area contributed by atoms with E-state index in [0.717, 1.165) is 36.6 Å². The smallest absolute Gasteiger partial charge is 0.0435 e. The summed E-state index contributed by atoms with van der Waals surface area (Å²) in [5.41, 5.74) is 8.35. The van der Waals surface area contributed by atoms with Crippen molar-refractivity contribution in [2.24, 2.45) is 5.73 Å². The maximum absolute atomic E-state index is 5.99. The normalized spacial score (nSPS) is 20.8. The topological polar surface area (TPSA) is 29.3 Å². The van der Waals surface area contributed by atoms with Crippen molar-refractivity contribution in [2.45, 2.75) is 25.9 Å². The predicted octanol–water partition coefficient (Wildman–Crippen LogP) is 2.60. The summed E-state index contributed by atoms with van der Waals surface area (Å²) in [4.78, 5) is 2.40.